The molecule has 1 aromatic heterocycles. The molecule has 0 saturated carbocycles. The number of hydrogen-bond donors (Lipinski definition) is 0. The molecule has 5 heteroatoms. The van der Waals surface area contributed by atoms with Crippen LogP contribution in [-0.4, -0.2) is 18.6 Å². The highest BCUT2D eigenvalue weighted by Gasteiger charge is 2.27. The van der Waals surface area contributed by atoms with Gasteiger partial charge in [-0.05, 0) is 60.8 Å². The maximum Gasteiger partial charge on any atom is 0.336 e. The molecule has 4 nitrogen and oxygen atoms in total. The van der Waals surface area contributed by atoms with E-state index in [0.717, 1.165) is 47.1 Å². The Bertz CT molecular complexity index is 998. The average Bonchev–Trinajstić information content (AvgIpc) is 3.09. The van der Waals surface area contributed by atoms with Gasteiger partial charge < -0.3 is 9.15 Å². The molecule has 0 spiro atoms. The average molecular weight is 414 g/mol. The fourth-order valence-electron chi connectivity index (χ4n) is 3.80. The second-order valence-corrected chi connectivity index (χ2v) is 7.55. The van der Waals surface area contributed by atoms with Gasteiger partial charge in [0.15, 0.2) is 0 Å². The van der Waals surface area contributed by atoms with Gasteiger partial charge in [-0.3, -0.25) is 4.90 Å². The van der Waals surface area contributed by atoms with Crippen molar-refractivity contribution in [3.05, 3.63) is 74.6 Å². The summed E-state index contributed by atoms with van der Waals surface area (Å²) in [6.07, 6.45) is 2.25. The molecule has 1 aliphatic heterocycles. The number of methoxy groups -OCH3 is 1. The smallest absolute Gasteiger partial charge is 0.336 e. The van der Waals surface area contributed by atoms with Crippen molar-refractivity contribution >= 4 is 26.9 Å². The van der Waals surface area contributed by atoms with Crippen LogP contribution in [0.25, 0.3) is 11.0 Å². The molecule has 1 fully saturated rings. The summed E-state index contributed by atoms with van der Waals surface area (Å²) in [5.74, 6) is 0.880. The Hall–Kier alpha value is -2.11. The van der Waals surface area contributed by atoms with Crippen molar-refractivity contribution in [2.45, 2.75) is 25.4 Å². The van der Waals surface area contributed by atoms with Crippen LogP contribution < -0.4 is 10.4 Å². The molecular formula is C21H20BrNO3. The van der Waals surface area contributed by atoms with Crippen LogP contribution in [0.4, 0.5) is 0 Å². The van der Waals surface area contributed by atoms with E-state index in [1.807, 2.05) is 30.3 Å². The van der Waals surface area contributed by atoms with E-state index in [4.69, 9.17) is 9.15 Å². The summed E-state index contributed by atoms with van der Waals surface area (Å²) in [6, 6.07) is 16.1. The first-order valence-electron chi connectivity index (χ1n) is 8.74. The van der Waals surface area contributed by atoms with E-state index in [1.54, 1.807) is 13.2 Å². The molecule has 0 bridgehead atoms. The Labute approximate surface area is 160 Å². The zero-order valence-corrected chi connectivity index (χ0v) is 16.2. The summed E-state index contributed by atoms with van der Waals surface area (Å²) in [6.45, 7) is 1.74. The molecule has 134 valence electrons. The molecule has 0 N–H and O–H groups in total. The van der Waals surface area contributed by atoms with Gasteiger partial charge in [0, 0.05) is 28.5 Å². The standard InChI is InChI=1S/C21H20BrNO3/c1-25-17-5-2-4-14(10-17)19-6-3-9-23(19)13-15-11-21(24)26-20-12-16(22)7-8-18(15)20/h2,4-5,7-8,10-12,19H,3,6,9,13H2,1H3/t19-/m1/s1. The molecule has 0 radical (unpaired) electrons. The molecule has 2 aromatic carbocycles. The Morgan fingerprint density at radius 1 is 1.23 bits per heavy atom. The lowest BCUT2D eigenvalue weighted by molar-refractivity contribution is 0.248. The monoisotopic (exact) mass is 413 g/mol. The van der Waals surface area contributed by atoms with E-state index in [2.05, 4.69) is 33.0 Å². The second-order valence-electron chi connectivity index (χ2n) is 6.64. The number of rotatable bonds is 4. The van der Waals surface area contributed by atoms with E-state index < -0.39 is 0 Å². The van der Waals surface area contributed by atoms with Crippen molar-refractivity contribution in [1.82, 2.24) is 4.90 Å². The van der Waals surface area contributed by atoms with Gasteiger partial charge in [0.05, 0.1) is 7.11 Å². The van der Waals surface area contributed by atoms with Gasteiger partial charge in [-0.25, -0.2) is 4.79 Å². The maximum absolute atomic E-state index is 12.0. The summed E-state index contributed by atoms with van der Waals surface area (Å²) in [4.78, 5) is 14.4. The molecule has 0 amide bonds. The first kappa shape index (κ1) is 17.3. The predicted molar refractivity (Wildman–Crippen MR) is 106 cm³/mol. The lowest BCUT2D eigenvalue weighted by atomic mass is 10.0. The number of likely N-dealkylation sites (tertiary alicyclic amines) is 1. The Balaban J connectivity index is 1.68. The van der Waals surface area contributed by atoms with E-state index in [1.165, 1.54) is 5.56 Å². The normalized spacial score (nSPS) is 17.7. The fourth-order valence-corrected chi connectivity index (χ4v) is 4.14. The van der Waals surface area contributed by atoms with E-state index in [0.29, 0.717) is 11.6 Å². The van der Waals surface area contributed by atoms with Crippen LogP contribution in [0.15, 0.2) is 62.2 Å². The second kappa shape index (κ2) is 7.25. The number of hydrogen-bond acceptors (Lipinski definition) is 4. The van der Waals surface area contributed by atoms with Crippen LogP contribution in [0.2, 0.25) is 0 Å². The van der Waals surface area contributed by atoms with Crippen molar-refractivity contribution < 1.29 is 9.15 Å². The Kier molecular flexibility index (Phi) is 4.83. The molecule has 0 aliphatic carbocycles. The minimum Gasteiger partial charge on any atom is -0.497 e. The minimum atomic E-state index is -0.303. The van der Waals surface area contributed by atoms with Crippen LogP contribution >= 0.6 is 15.9 Å². The SMILES string of the molecule is COc1cccc([C@H]2CCCN2Cc2cc(=O)oc3cc(Br)ccc23)c1. The molecular weight excluding hydrogens is 394 g/mol. The van der Waals surface area contributed by atoms with E-state index in [-0.39, 0.29) is 5.63 Å². The van der Waals surface area contributed by atoms with E-state index >= 15 is 0 Å². The lowest BCUT2D eigenvalue weighted by Crippen LogP contribution is -2.23. The quantitative estimate of drug-likeness (QED) is 0.570. The third-order valence-corrected chi connectivity index (χ3v) is 5.50. The molecule has 1 saturated heterocycles. The molecule has 1 aliphatic rings. The maximum atomic E-state index is 12.0. The van der Waals surface area contributed by atoms with Gasteiger partial charge in [0.2, 0.25) is 0 Å². The van der Waals surface area contributed by atoms with Crippen LogP contribution in [-0.2, 0) is 6.54 Å². The largest absolute Gasteiger partial charge is 0.497 e. The number of halogens is 1. The highest BCUT2D eigenvalue weighted by molar-refractivity contribution is 9.10. The van der Waals surface area contributed by atoms with Gasteiger partial charge in [-0.1, -0.05) is 28.1 Å². The Morgan fingerprint density at radius 3 is 2.96 bits per heavy atom. The number of ether oxygens (including phenoxy) is 1. The summed E-state index contributed by atoms with van der Waals surface area (Å²) < 4.78 is 11.6. The summed E-state index contributed by atoms with van der Waals surface area (Å²) in [5.41, 5.74) is 2.59. The number of benzene rings is 2. The molecule has 1 atom stereocenters. The van der Waals surface area contributed by atoms with Gasteiger partial charge in [0.1, 0.15) is 11.3 Å². The van der Waals surface area contributed by atoms with Crippen molar-refractivity contribution in [2.75, 3.05) is 13.7 Å². The third kappa shape index (κ3) is 3.41. The molecule has 26 heavy (non-hydrogen) atoms. The highest BCUT2D eigenvalue weighted by atomic mass is 79.9. The van der Waals surface area contributed by atoms with Crippen molar-refractivity contribution in [3.63, 3.8) is 0 Å². The predicted octanol–water partition coefficient (Wildman–Crippen LogP) is 4.90. The third-order valence-electron chi connectivity index (χ3n) is 5.01. The number of fused-ring (bicyclic) bond motifs is 1. The van der Waals surface area contributed by atoms with Crippen molar-refractivity contribution in [1.29, 1.82) is 0 Å². The van der Waals surface area contributed by atoms with Gasteiger partial charge >= 0.3 is 5.63 Å². The zero-order chi connectivity index (χ0) is 18.1. The summed E-state index contributed by atoms with van der Waals surface area (Å²) >= 11 is 3.44. The first-order chi connectivity index (χ1) is 12.6. The zero-order valence-electron chi connectivity index (χ0n) is 14.6. The molecule has 3 aromatic rings. The molecule has 4 rings (SSSR count). The van der Waals surface area contributed by atoms with Crippen molar-refractivity contribution in [2.24, 2.45) is 0 Å². The van der Waals surface area contributed by atoms with Gasteiger partial charge in [0.25, 0.3) is 0 Å². The number of nitrogens with zero attached hydrogens (tertiary/aromatic N) is 1. The van der Waals surface area contributed by atoms with Crippen LogP contribution in [0.1, 0.15) is 30.0 Å². The minimum absolute atomic E-state index is 0.303. The van der Waals surface area contributed by atoms with Crippen LogP contribution in [0.3, 0.4) is 0 Å². The summed E-state index contributed by atoms with van der Waals surface area (Å²) in [7, 11) is 1.69. The fraction of sp³-hybridized carbons (Fsp3) is 0.286. The van der Waals surface area contributed by atoms with E-state index in [9.17, 15) is 4.79 Å². The van der Waals surface area contributed by atoms with Crippen LogP contribution in [0.5, 0.6) is 5.75 Å². The lowest BCUT2D eigenvalue weighted by Gasteiger charge is -2.25. The van der Waals surface area contributed by atoms with Gasteiger partial charge in [-0.15, -0.1) is 0 Å². The first-order valence-corrected chi connectivity index (χ1v) is 9.53. The van der Waals surface area contributed by atoms with Crippen LogP contribution in [0, 0.1) is 0 Å². The highest BCUT2D eigenvalue weighted by Crippen LogP contribution is 2.35. The molecule has 0 unspecified atom stereocenters. The topological polar surface area (TPSA) is 42.7 Å². The Morgan fingerprint density at radius 2 is 2.12 bits per heavy atom. The van der Waals surface area contributed by atoms with Gasteiger partial charge in [-0.2, -0.15) is 0 Å². The summed E-state index contributed by atoms with van der Waals surface area (Å²) in [5, 5.41) is 0.990. The molecule has 2 heterocycles. The van der Waals surface area contributed by atoms with Crippen molar-refractivity contribution in [3.8, 4) is 5.75 Å².